The van der Waals surface area contributed by atoms with Crippen LogP contribution in [-0.2, 0) is 15.6 Å². The highest BCUT2D eigenvalue weighted by atomic mass is 32.2. The molecule has 0 aliphatic carbocycles. The van der Waals surface area contributed by atoms with E-state index in [-0.39, 0.29) is 36.0 Å². The summed E-state index contributed by atoms with van der Waals surface area (Å²) in [6, 6.07) is 5.39. The molecule has 1 fully saturated rings. The fourth-order valence-electron chi connectivity index (χ4n) is 3.60. The maximum atomic E-state index is 13.1. The summed E-state index contributed by atoms with van der Waals surface area (Å²) in [4.78, 5) is 5.36. The van der Waals surface area contributed by atoms with E-state index >= 15 is 0 Å². The molecule has 0 saturated carbocycles. The first kappa shape index (κ1) is 25.1. The molecule has 0 spiro atoms. The quantitative estimate of drug-likeness (QED) is 0.629. The van der Waals surface area contributed by atoms with Gasteiger partial charge in [-0.25, -0.2) is 13.4 Å². The van der Waals surface area contributed by atoms with Crippen molar-refractivity contribution in [2.45, 2.75) is 35.8 Å². The first-order valence-corrected chi connectivity index (χ1v) is 11.0. The number of aliphatic hydroxyl groups is 1. The fraction of sp³-hybridized carbons (Fsp3) is 0.421. The number of hydrogen-bond acceptors (Lipinski definition) is 6. The van der Waals surface area contributed by atoms with Gasteiger partial charge in [-0.1, -0.05) is 12.1 Å². The van der Waals surface area contributed by atoms with Gasteiger partial charge in [0.05, 0.1) is 0 Å². The minimum absolute atomic E-state index is 0.0174. The molecular formula is C19H20F6N4O3S. The molecule has 2 aromatic rings. The van der Waals surface area contributed by atoms with Gasteiger partial charge in [-0.3, -0.25) is 0 Å². The number of pyridine rings is 1. The topological polar surface area (TPSA) is 99.8 Å². The van der Waals surface area contributed by atoms with E-state index in [1.54, 1.807) is 11.8 Å². The van der Waals surface area contributed by atoms with Gasteiger partial charge in [-0.05, 0) is 31.2 Å². The Kier molecular flexibility index (Phi) is 6.32. The number of hydrogen-bond donors (Lipinski definition) is 2. The number of nitrogens with two attached hydrogens (primary N) is 1. The lowest BCUT2D eigenvalue weighted by molar-refractivity contribution is -0.376. The molecule has 0 amide bonds. The Balaban J connectivity index is 1.81. The van der Waals surface area contributed by atoms with Gasteiger partial charge in [-0.15, -0.1) is 0 Å². The number of aromatic nitrogens is 1. The molecule has 33 heavy (non-hydrogen) atoms. The molecule has 3 rings (SSSR count). The van der Waals surface area contributed by atoms with Crippen LogP contribution < -0.4 is 10.6 Å². The second-order valence-electron chi connectivity index (χ2n) is 7.58. The van der Waals surface area contributed by atoms with Crippen molar-refractivity contribution < 1.29 is 39.9 Å². The van der Waals surface area contributed by atoms with Crippen molar-refractivity contribution in [3.63, 3.8) is 0 Å². The van der Waals surface area contributed by atoms with Gasteiger partial charge < -0.3 is 15.7 Å². The highest BCUT2D eigenvalue weighted by Gasteiger charge is 2.71. The maximum absolute atomic E-state index is 13.1. The molecular weight excluding hydrogens is 478 g/mol. The zero-order valence-electron chi connectivity index (χ0n) is 17.1. The van der Waals surface area contributed by atoms with Crippen LogP contribution in [0.15, 0.2) is 47.5 Å². The normalized spacial score (nSPS) is 19.0. The van der Waals surface area contributed by atoms with Gasteiger partial charge in [0.1, 0.15) is 10.7 Å². The predicted molar refractivity (Wildman–Crippen MR) is 107 cm³/mol. The van der Waals surface area contributed by atoms with Crippen molar-refractivity contribution in [2.75, 3.05) is 30.3 Å². The predicted octanol–water partition coefficient (Wildman–Crippen LogP) is 2.88. The lowest BCUT2D eigenvalue weighted by atomic mass is 9.92. The number of rotatable bonds is 4. The molecule has 0 radical (unpaired) electrons. The summed E-state index contributed by atoms with van der Waals surface area (Å²) >= 11 is 0. The van der Waals surface area contributed by atoms with Crippen LogP contribution in [0, 0.1) is 0 Å². The highest BCUT2D eigenvalue weighted by molar-refractivity contribution is 7.89. The lowest BCUT2D eigenvalue weighted by Crippen LogP contribution is -2.54. The van der Waals surface area contributed by atoms with Crippen LogP contribution >= 0.6 is 0 Å². The molecule has 3 N–H and O–H groups in total. The SMILES string of the molecule is C[C@H]1CN(S(=O)(=O)c2ccc(N)nc2)CCN1c1ccc(C(O)(C(F)(F)F)C(F)(F)F)cc1. The smallest absolute Gasteiger partial charge is 0.384 e. The Morgan fingerprint density at radius 1 is 1.00 bits per heavy atom. The summed E-state index contributed by atoms with van der Waals surface area (Å²) in [5.41, 5.74) is -0.622. The molecule has 1 aromatic heterocycles. The van der Waals surface area contributed by atoms with Crippen molar-refractivity contribution >= 4 is 21.5 Å². The van der Waals surface area contributed by atoms with E-state index in [2.05, 4.69) is 4.98 Å². The molecule has 7 nitrogen and oxygen atoms in total. The molecule has 1 aliphatic heterocycles. The molecule has 1 aromatic carbocycles. The number of nitrogens with zero attached hydrogens (tertiary/aromatic N) is 3. The van der Waals surface area contributed by atoms with E-state index in [0.717, 1.165) is 18.3 Å². The number of sulfonamides is 1. The fourth-order valence-corrected chi connectivity index (χ4v) is 5.06. The van der Waals surface area contributed by atoms with Crippen molar-refractivity contribution in [3.05, 3.63) is 48.2 Å². The van der Waals surface area contributed by atoms with Crippen LogP contribution in [0.5, 0.6) is 0 Å². The number of benzene rings is 1. The van der Waals surface area contributed by atoms with E-state index in [9.17, 15) is 39.9 Å². The number of halogens is 6. The zero-order valence-corrected chi connectivity index (χ0v) is 17.9. The zero-order chi connectivity index (χ0) is 24.8. The van der Waals surface area contributed by atoms with E-state index in [1.165, 1.54) is 16.4 Å². The third kappa shape index (κ3) is 4.46. The van der Waals surface area contributed by atoms with Crippen LogP contribution in [0.3, 0.4) is 0 Å². The van der Waals surface area contributed by atoms with Gasteiger partial charge in [0.2, 0.25) is 10.0 Å². The average Bonchev–Trinajstić information content (AvgIpc) is 2.72. The van der Waals surface area contributed by atoms with E-state index in [0.29, 0.717) is 12.1 Å². The molecule has 1 aliphatic rings. The molecule has 14 heteroatoms. The summed E-state index contributed by atoms with van der Waals surface area (Å²) in [7, 11) is -3.87. The van der Waals surface area contributed by atoms with E-state index in [4.69, 9.17) is 5.73 Å². The molecule has 0 unspecified atom stereocenters. The van der Waals surface area contributed by atoms with Crippen LogP contribution in [0.2, 0.25) is 0 Å². The van der Waals surface area contributed by atoms with Gasteiger partial charge in [0, 0.05) is 43.1 Å². The molecule has 0 bridgehead atoms. The number of anilines is 2. The van der Waals surface area contributed by atoms with Crippen LogP contribution in [0.4, 0.5) is 37.8 Å². The molecule has 1 atom stereocenters. The number of nitrogen functional groups attached to an aromatic ring is 1. The average molecular weight is 498 g/mol. The first-order chi connectivity index (χ1) is 15.1. The largest absolute Gasteiger partial charge is 0.430 e. The van der Waals surface area contributed by atoms with E-state index in [1.807, 2.05) is 0 Å². The number of piperazine rings is 1. The Morgan fingerprint density at radius 2 is 1.58 bits per heavy atom. The maximum Gasteiger partial charge on any atom is 0.430 e. The molecule has 1 saturated heterocycles. The molecule has 182 valence electrons. The molecule has 2 heterocycles. The second-order valence-corrected chi connectivity index (χ2v) is 9.51. The van der Waals surface area contributed by atoms with Crippen molar-refractivity contribution in [3.8, 4) is 0 Å². The summed E-state index contributed by atoms with van der Waals surface area (Å²) in [5, 5.41) is 9.51. The Labute approximate surface area is 185 Å². The highest BCUT2D eigenvalue weighted by Crippen LogP contribution is 2.50. The van der Waals surface area contributed by atoms with Gasteiger partial charge in [0.15, 0.2) is 0 Å². The first-order valence-electron chi connectivity index (χ1n) is 9.53. The van der Waals surface area contributed by atoms with Gasteiger partial charge in [0.25, 0.3) is 5.60 Å². The van der Waals surface area contributed by atoms with Crippen molar-refractivity contribution in [1.82, 2.24) is 9.29 Å². The Morgan fingerprint density at radius 3 is 2.03 bits per heavy atom. The van der Waals surface area contributed by atoms with Gasteiger partial charge >= 0.3 is 12.4 Å². The van der Waals surface area contributed by atoms with Crippen molar-refractivity contribution in [2.24, 2.45) is 0 Å². The number of alkyl halides is 6. The minimum atomic E-state index is -5.98. The third-order valence-corrected chi connectivity index (χ3v) is 7.27. The van der Waals surface area contributed by atoms with Crippen LogP contribution in [-0.4, -0.2) is 60.8 Å². The summed E-state index contributed by atoms with van der Waals surface area (Å²) in [5.74, 6) is 0.151. The van der Waals surface area contributed by atoms with Gasteiger partial charge in [-0.2, -0.15) is 30.6 Å². The lowest BCUT2D eigenvalue weighted by Gasteiger charge is -2.40. The van der Waals surface area contributed by atoms with E-state index < -0.39 is 39.6 Å². The van der Waals surface area contributed by atoms with Crippen molar-refractivity contribution in [1.29, 1.82) is 0 Å². The Bertz CT molecular complexity index is 1070. The van der Waals surface area contributed by atoms with Crippen LogP contribution in [0.25, 0.3) is 0 Å². The third-order valence-electron chi connectivity index (χ3n) is 5.42. The summed E-state index contributed by atoms with van der Waals surface area (Å²) < 4.78 is 105. The standard InChI is InChI=1S/C19H20F6N4O3S/c1-12-11-28(33(31,32)15-6-7-16(26)27-10-15)8-9-29(12)14-4-2-13(3-5-14)17(30,18(20,21)22)19(23,24)25/h2-7,10,12,30H,8-9,11H2,1H3,(H2,26,27)/t12-/m0/s1. The van der Waals surface area contributed by atoms with Crippen LogP contribution in [0.1, 0.15) is 12.5 Å². The monoisotopic (exact) mass is 498 g/mol. The summed E-state index contributed by atoms with van der Waals surface area (Å²) in [6.07, 6.45) is -10.8. The minimum Gasteiger partial charge on any atom is -0.384 e. The second kappa shape index (κ2) is 8.33. The summed E-state index contributed by atoms with van der Waals surface area (Å²) in [6.45, 7) is 1.83. The Hall–Kier alpha value is -2.58.